The average molecular weight is 341 g/mol. The largest absolute Gasteiger partial charge is 0.371 e. The Kier molecular flexibility index (Phi) is 5.02. The molecule has 4 nitrogen and oxygen atoms in total. The highest BCUT2D eigenvalue weighted by atomic mass is 79.9. The fourth-order valence-corrected chi connectivity index (χ4v) is 3.41. The number of benzene rings is 1. The molecule has 110 valence electrons. The van der Waals surface area contributed by atoms with Gasteiger partial charge in [-0.2, -0.15) is 0 Å². The van der Waals surface area contributed by atoms with Crippen molar-refractivity contribution in [2.75, 3.05) is 11.9 Å². The van der Waals surface area contributed by atoms with E-state index in [4.69, 9.17) is 0 Å². The fourth-order valence-electron chi connectivity index (χ4n) is 2.96. The number of nitrogens with zero attached hydrogens (tertiary/aromatic N) is 2. The molecule has 0 saturated heterocycles. The third-order valence-corrected chi connectivity index (χ3v) is 4.94. The van der Waals surface area contributed by atoms with E-state index in [2.05, 4.69) is 34.8 Å². The molecule has 0 unspecified atom stereocenters. The third kappa shape index (κ3) is 3.32. The number of rotatable bonds is 4. The molecule has 0 spiro atoms. The maximum Gasteiger partial charge on any atom is 0.269 e. The van der Waals surface area contributed by atoms with E-state index < -0.39 is 0 Å². The van der Waals surface area contributed by atoms with Gasteiger partial charge < -0.3 is 4.90 Å². The summed E-state index contributed by atoms with van der Waals surface area (Å²) in [5.74, 6) is 0.826. The fraction of sp³-hybridized carbons (Fsp3) is 0.600. The van der Waals surface area contributed by atoms with Crippen LogP contribution < -0.4 is 4.90 Å². The van der Waals surface area contributed by atoms with Crippen molar-refractivity contribution in [1.82, 2.24) is 0 Å². The highest BCUT2D eigenvalue weighted by Crippen LogP contribution is 2.33. The van der Waals surface area contributed by atoms with E-state index in [1.165, 1.54) is 25.7 Å². The molecule has 1 aromatic rings. The first-order chi connectivity index (χ1) is 9.52. The van der Waals surface area contributed by atoms with Crippen LogP contribution in [0.15, 0.2) is 18.2 Å². The Bertz CT molecular complexity index is 485. The van der Waals surface area contributed by atoms with Gasteiger partial charge >= 0.3 is 0 Å². The zero-order chi connectivity index (χ0) is 14.7. The van der Waals surface area contributed by atoms with Gasteiger partial charge in [-0.15, -0.1) is 0 Å². The van der Waals surface area contributed by atoms with E-state index in [1.54, 1.807) is 12.1 Å². The molecule has 0 heterocycles. The van der Waals surface area contributed by atoms with Crippen molar-refractivity contribution in [1.29, 1.82) is 0 Å². The number of nitro groups is 1. The lowest BCUT2D eigenvalue weighted by Crippen LogP contribution is -2.35. The molecular formula is C15H21BrN2O2. The second kappa shape index (κ2) is 6.57. The van der Waals surface area contributed by atoms with Crippen LogP contribution in [0.3, 0.4) is 0 Å². The lowest BCUT2D eigenvalue weighted by molar-refractivity contribution is -0.384. The maximum atomic E-state index is 10.9. The molecule has 0 atom stereocenters. The first-order valence-corrected chi connectivity index (χ1v) is 8.21. The maximum absolute atomic E-state index is 10.9. The molecule has 1 fully saturated rings. The highest BCUT2D eigenvalue weighted by Gasteiger charge is 2.23. The van der Waals surface area contributed by atoms with Gasteiger partial charge in [0.25, 0.3) is 5.69 Å². The molecule has 0 N–H and O–H groups in total. The summed E-state index contributed by atoms with van der Waals surface area (Å²) >= 11 is 3.44. The van der Waals surface area contributed by atoms with Crippen LogP contribution in [0, 0.1) is 16.0 Å². The van der Waals surface area contributed by atoms with Crippen molar-refractivity contribution in [3.8, 4) is 0 Å². The molecule has 0 radical (unpaired) electrons. The molecule has 0 amide bonds. The molecule has 0 aliphatic heterocycles. The lowest BCUT2D eigenvalue weighted by atomic mass is 9.86. The Hall–Kier alpha value is -1.10. The van der Waals surface area contributed by atoms with Gasteiger partial charge in [-0.05, 0) is 43.2 Å². The number of non-ortho nitro benzene ring substituents is 1. The molecule has 0 aromatic heterocycles. The van der Waals surface area contributed by atoms with Crippen LogP contribution in [0.5, 0.6) is 0 Å². The van der Waals surface area contributed by atoms with Gasteiger partial charge in [0.2, 0.25) is 0 Å². The summed E-state index contributed by atoms with van der Waals surface area (Å²) in [5, 5.41) is 11.5. The van der Waals surface area contributed by atoms with Crippen molar-refractivity contribution < 1.29 is 4.92 Å². The first-order valence-electron chi connectivity index (χ1n) is 7.09. The molecule has 1 aliphatic rings. The van der Waals surface area contributed by atoms with Crippen LogP contribution in [-0.4, -0.2) is 18.0 Å². The zero-order valence-corrected chi connectivity index (χ0v) is 13.6. The van der Waals surface area contributed by atoms with Gasteiger partial charge in [-0.25, -0.2) is 0 Å². The second-order valence-corrected chi connectivity index (χ2v) is 6.29. The van der Waals surface area contributed by atoms with Gasteiger partial charge in [-0.1, -0.05) is 22.9 Å². The number of halogens is 1. The van der Waals surface area contributed by atoms with Crippen LogP contribution in [-0.2, 0) is 5.33 Å². The molecule has 2 rings (SSSR count). The minimum absolute atomic E-state index is 0.161. The Balaban J connectivity index is 2.20. The Morgan fingerprint density at radius 2 is 2.00 bits per heavy atom. The van der Waals surface area contributed by atoms with Gasteiger partial charge in [0.05, 0.1) is 4.92 Å². The summed E-state index contributed by atoms with van der Waals surface area (Å²) in [6, 6.07) is 5.70. The van der Waals surface area contributed by atoms with Crippen molar-refractivity contribution in [2.45, 2.75) is 44.0 Å². The Morgan fingerprint density at radius 1 is 1.35 bits per heavy atom. The monoisotopic (exact) mass is 340 g/mol. The topological polar surface area (TPSA) is 46.4 Å². The zero-order valence-electron chi connectivity index (χ0n) is 12.0. The number of nitro benzene ring substituents is 1. The minimum atomic E-state index is -0.335. The molecule has 1 aromatic carbocycles. The second-order valence-electron chi connectivity index (χ2n) is 5.73. The molecule has 20 heavy (non-hydrogen) atoms. The molecular weight excluding hydrogens is 320 g/mol. The van der Waals surface area contributed by atoms with Gasteiger partial charge in [0.1, 0.15) is 0 Å². The standard InChI is InChI=1S/C15H21BrN2O2/c1-11-3-5-13(6-4-11)17(2)15-8-7-14(18(19)20)9-12(15)10-16/h7-9,11,13H,3-6,10H2,1-2H3. The van der Waals surface area contributed by atoms with Crippen LogP contribution in [0.1, 0.15) is 38.2 Å². The van der Waals surface area contributed by atoms with Crippen LogP contribution in [0.4, 0.5) is 11.4 Å². The third-order valence-electron chi connectivity index (χ3n) is 4.33. The quantitative estimate of drug-likeness (QED) is 0.460. The normalized spacial score (nSPS) is 22.6. The Morgan fingerprint density at radius 3 is 2.55 bits per heavy atom. The molecule has 1 saturated carbocycles. The number of hydrogen-bond acceptors (Lipinski definition) is 3. The van der Waals surface area contributed by atoms with Crippen molar-refractivity contribution in [3.63, 3.8) is 0 Å². The van der Waals surface area contributed by atoms with Crippen LogP contribution in [0.2, 0.25) is 0 Å². The summed E-state index contributed by atoms with van der Waals surface area (Å²) in [5.41, 5.74) is 2.25. The molecule has 1 aliphatic carbocycles. The number of hydrogen-bond donors (Lipinski definition) is 0. The van der Waals surface area contributed by atoms with Crippen molar-refractivity contribution in [2.24, 2.45) is 5.92 Å². The number of alkyl halides is 1. The van der Waals surface area contributed by atoms with Crippen molar-refractivity contribution in [3.05, 3.63) is 33.9 Å². The van der Waals surface area contributed by atoms with E-state index in [0.29, 0.717) is 11.4 Å². The van der Waals surface area contributed by atoms with Crippen LogP contribution in [0.25, 0.3) is 0 Å². The van der Waals surface area contributed by atoms with E-state index in [0.717, 1.165) is 17.2 Å². The lowest BCUT2D eigenvalue weighted by Gasteiger charge is -2.36. The van der Waals surface area contributed by atoms with E-state index in [-0.39, 0.29) is 10.6 Å². The van der Waals surface area contributed by atoms with Gasteiger partial charge in [-0.3, -0.25) is 10.1 Å². The molecule has 5 heteroatoms. The smallest absolute Gasteiger partial charge is 0.269 e. The van der Waals surface area contributed by atoms with Crippen LogP contribution >= 0.6 is 15.9 Å². The van der Waals surface area contributed by atoms with E-state index >= 15 is 0 Å². The first kappa shape index (κ1) is 15.3. The van der Waals surface area contributed by atoms with Gasteiger partial charge in [0.15, 0.2) is 0 Å². The summed E-state index contributed by atoms with van der Waals surface area (Å²) in [4.78, 5) is 12.8. The predicted molar refractivity (Wildman–Crippen MR) is 85.6 cm³/mol. The summed E-state index contributed by atoms with van der Waals surface area (Å²) < 4.78 is 0. The summed E-state index contributed by atoms with van der Waals surface area (Å²) in [6.45, 7) is 2.31. The Labute approximate surface area is 128 Å². The molecule has 0 bridgehead atoms. The SMILES string of the molecule is CC1CCC(N(C)c2ccc([N+](=O)[O-])cc2CBr)CC1. The summed E-state index contributed by atoms with van der Waals surface area (Å²) in [6.07, 6.45) is 4.95. The highest BCUT2D eigenvalue weighted by molar-refractivity contribution is 9.08. The number of anilines is 1. The average Bonchev–Trinajstić information content (AvgIpc) is 2.46. The minimum Gasteiger partial charge on any atom is -0.371 e. The van der Waals surface area contributed by atoms with E-state index in [9.17, 15) is 10.1 Å². The predicted octanol–water partition coefficient (Wildman–Crippen LogP) is 4.50. The summed E-state index contributed by atoms with van der Waals surface area (Å²) in [7, 11) is 2.11. The van der Waals surface area contributed by atoms with Crippen molar-refractivity contribution >= 4 is 27.3 Å². The van der Waals surface area contributed by atoms with E-state index in [1.807, 2.05) is 6.07 Å². The van der Waals surface area contributed by atoms with Gasteiger partial charge in [0, 0.05) is 36.2 Å².